The third-order valence-corrected chi connectivity index (χ3v) is 4.66. The monoisotopic (exact) mass is 345 g/mol. The molecule has 5 nitrogen and oxygen atoms in total. The summed E-state index contributed by atoms with van der Waals surface area (Å²) in [5.74, 6) is -0.0386. The number of halogens is 2. The molecule has 0 spiro atoms. The van der Waals surface area contributed by atoms with Crippen LogP contribution in [0.1, 0.15) is 24.4 Å². The van der Waals surface area contributed by atoms with Gasteiger partial charge in [-0.2, -0.15) is 0 Å². The Labute approximate surface area is 144 Å². The van der Waals surface area contributed by atoms with E-state index in [-0.39, 0.29) is 6.17 Å². The summed E-state index contributed by atoms with van der Waals surface area (Å²) in [4.78, 5) is 17.5. The van der Waals surface area contributed by atoms with Crippen LogP contribution in [0.25, 0.3) is 0 Å². The number of carbonyl (C=O) groups is 1. The van der Waals surface area contributed by atoms with Crippen molar-refractivity contribution in [2.24, 2.45) is 5.92 Å². The predicted octanol–water partition coefficient (Wildman–Crippen LogP) is 1.86. The molecule has 2 aliphatic heterocycles. The molecule has 3 aliphatic rings. The summed E-state index contributed by atoms with van der Waals surface area (Å²) in [6.45, 7) is 0. The molecule has 0 radical (unpaired) electrons. The summed E-state index contributed by atoms with van der Waals surface area (Å²) in [5, 5.41) is 5.70. The van der Waals surface area contributed by atoms with Gasteiger partial charge in [-0.25, -0.2) is 13.8 Å². The molecular formula is C18H19F2N4O+. The van der Waals surface area contributed by atoms with Crippen LogP contribution in [0, 0.1) is 5.92 Å². The van der Waals surface area contributed by atoms with Gasteiger partial charge in [0.2, 0.25) is 0 Å². The number of amides is 1. The minimum Gasteiger partial charge on any atom is -0.358 e. The van der Waals surface area contributed by atoms with Crippen LogP contribution in [0.15, 0.2) is 60.3 Å². The van der Waals surface area contributed by atoms with Gasteiger partial charge in [-0.3, -0.25) is 4.79 Å². The minimum atomic E-state index is -2.70. The van der Waals surface area contributed by atoms with E-state index in [2.05, 4.69) is 15.6 Å². The van der Waals surface area contributed by atoms with Crippen molar-refractivity contribution in [2.45, 2.75) is 31.5 Å². The highest BCUT2D eigenvalue weighted by Crippen LogP contribution is 2.40. The Balaban J connectivity index is 1.57. The molecule has 0 bridgehead atoms. The fourth-order valence-electron chi connectivity index (χ4n) is 3.25. The number of nitrogens with one attached hydrogen (secondary N) is 3. The Kier molecular flexibility index (Phi) is 3.99. The number of carbonyl (C=O) groups excluding carboxylic acids is 1. The lowest BCUT2D eigenvalue weighted by Crippen LogP contribution is -2.40. The van der Waals surface area contributed by atoms with Crippen LogP contribution in [0.4, 0.5) is 8.78 Å². The van der Waals surface area contributed by atoms with E-state index in [0.717, 1.165) is 18.5 Å². The highest BCUT2D eigenvalue weighted by Gasteiger charge is 2.42. The zero-order valence-electron chi connectivity index (χ0n) is 13.5. The molecule has 3 N–H and O–H groups in total. The Bertz CT molecular complexity index is 756. The van der Waals surface area contributed by atoms with Crippen molar-refractivity contribution in [3.63, 3.8) is 0 Å². The van der Waals surface area contributed by atoms with Crippen LogP contribution >= 0.6 is 0 Å². The predicted molar refractivity (Wildman–Crippen MR) is 86.7 cm³/mol. The Morgan fingerprint density at radius 1 is 1.36 bits per heavy atom. The fraction of sp³-hybridized carbons (Fsp3) is 0.333. The molecule has 1 aliphatic carbocycles. The number of allylic oxidation sites excluding steroid dienone is 3. The van der Waals surface area contributed by atoms with E-state index in [1.54, 1.807) is 18.3 Å². The average Bonchev–Trinajstić information content (AvgIpc) is 3.40. The summed E-state index contributed by atoms with van der Waals surface area (Å²) in [5.41, 5.74) is 1.41. The lowest BCUT2D eigenvalue weighted by atomic mass is 10.1. The van der Waals surface area contributed by atoms with E-state index in [9.17, 15) is 13.6 Å². The first-order valence-corrected chi connectivity index (χ1v) is 8.34. The van der Waals surface area contributed by atoms with Gasteiger partial charge in [0.05, 0.1) is 5.70 Å². The van der Waals surface area contributed by atoms with Gasteiger partial charge in [-0.05, 0) is 37.0 Å². The second-order valence-electron chi connectivity index (χ2n) is 6.42. The number of fused-ring (bicyclic) bond motifs is 1. The number of aromatic amines is 1. The van der Waals surface area contributed by atoms with Crippen LogP contribution in [0.5, 0.6) is 0 Å². The molecule has 1 amide bonds. The average molecular weight is 345 g/mol. The number of hydrogen-bond acceptors (Lipinski definition) is 3. The molecule has 1 aromatic rings. The van der Waals surface area contributed by atoms with Crippen LogP contribution in [-0.2, 0) is 4.79 Å². The summed E-state index contributed by atoms with van der Waals surface area (Å²) in [6, 6.07) is 1.83. The van der Waals surface area contributed by atoms with Crippen molar-refractivity contribution >= 4 is 5.91 Å². The van der Waals surface area contributed by atoms with Crippen molar-refractivity contribution in [3.05, 3.63) is 65.9 Å². The van der Waals surface area contributed by atoms with Crippen LogP contribution < -0.4 is 15.6 Å². The van der Waals surface area contributed by atoms with Crippen molar-refractivity contribution in [3.8, 4) is 0 Å². The zero-order chi connectivity index (χ0) is 17.4. The number of H-pyrrole nitrogens is 1. The van der Waals surface area contributed by atoms with E-state index in [0.29, 0.717) is 17.2 Å². The number of hydrogen-bond donors (Lipinski definition) is 2. The SMILES string of the molecule is O=C(NC(c1ccc[nH+]c1)C(F)F)C1=C2C=CC=CN2C(C2CC2)N1. The second-order valence-corrected chi connectivity index (χ2v) is 6.42. The second kappa shape index (κ2) is 6.31. The van der Waals surface area contributed by atoms with Gasteiger partial charge in [-0.15, -0.1) is 0 Å². The molecule has 25 heavy (non-hydrogen) atoms. The number of alkyl halides is 2. The van der Waals surface area contributed by atoms with Crippen molar-refractivity contribution < 1.29 is 18.6 Å². The smallest absolute Gasteiger partial charge is 0.270 e. The molecule has 1 saturated carbocycles. The quantitative estimate of drug-likeness (QED) is 0.856. The van der Waals surface area contributed by atoms with Gasteiger partial charge in [0.15, 0.2) is 12.4 Å². The fourth-order valence-corrected chi connectivity index (χ4v) is 3.25. The molecule has 4 rings (SSSR count). The number of nitrogens with zero attached hydrogens (tertiary/aromatic N) is 1. The zero-order valence-corrected chi connectivity index (χ0v) is 13.5. The van der Waals surface area contributed by atoms with Crippen LogP contribution in [0.3, 0.4) is 0 Å². The van der Waals surface area contributed by atoms with Crippen molar-refractivity contribution in [1.82, 2.24) is 15.5 Å². The van der Waals surface area contributed by atoms with Crippen molar-refractivity contribution in [2.75, 3.05) is 0 Å². The standard InChI is InChI=1S/C18H18F2N4O/c19-16(20)14(12-4-3-8-21-10-12)23-18(25)15-13-5-1-2-9-24(13)17(22-15)11-6-7-11/h1-5,8-11,14,16-17,22H,6-7H2,(H,23,25)/p+1. The molecule has 1 fully saturated rings. The van der Waals surface area contributed by atoms with Gasteiger partial charge >= 0.3 is 0 Å². The van der Waals surface area contributed by atoms with E-state index in [4.69, 9.17) is 0 Å². The highest BCUT2D eigenvalue weighted by atomic mass is 19.3. The van der Waals surface area contributed by atoms with Gasteiger partial charge in [0.25, 0.3) is 12.3 Å². The first kappa shape index (κ1) is 15.8. The maximum Gasteiger partial charge on any atom is 0.270 e. The summed E-state index contributed by atoms with van der Waals surface area (Å²) < 4.78 is 27.0. The lowest BCUT2D eigenvalue weighted by Gasteiger charge is -2.25. The summed E-state index contributed by atoms with van der Waals surface area (Å²) >= 11 is 0. The van der Waals surface area contributed by atoms with Crippen LogP contribution in [-0.4, -0.2) is 23.4 Å². The number of aromatic nitrogens is 1. The molecule has 7 heteroatoms. The van der Waals surface area contributed by atoms with Gasteiger partial charge in [0, 0.05) is 17.8 Å². The van der Waals surface area contributed by atoms with Gasteiger partial charge in [-0.1, -0.05) is 6.08 Å². The lowest BCUT2D eigenvalue weighted by molar-refractivity contribution is -0.379. The molecule has 3 heterocycles. The third-order valence-electron chi connectivity index (χ3n) is 4.66. The normalized spacial score (nSPS) is 22.8. The maximum absolute atomic E-state index is 13.5. The first-order valence-electron chi connectivity index (χ1n) is 8.34. The first-order chi connectivity index (χ1) is 12.1. The summed E-state index contributed by atoms with van der Waals surface area (Å²) in [6.07, 6.45) is 10.1. The van der Waals surface area contributed by atoms with E-state index < -0.39 is 18.4 Å². The Morgan fingerprint density at radius 2 is 2.20 bits per heavy atom. The third kappa shape index (κ3) is 3.01. The Morgan fingerprint density at radius 3 is 2.88 bits per heavy atom. The largest absolute Gasteiger partial charge is 0.358 e. The van der Waals surface area contributed by atoms with Crippen LogP contribution in [0.2, 0.25) is 0 Å². The maximum atomic E-state index is 13.5. The molecule has 0 aromatic carbocycles. The number of pyridine rings is 1. The Hall–Kier alpha value is -2.70. The highest BCUT2D eigenvalue weighted by molar-refractivity contribution is 5.95. The molecule has 130 valence electrons. The molecule has 2 atom stereocenters. The van der Waals surface area contributed by atoms with E-state index >= 15 is 0 Å². The topological polar surface area (TPSA) is 58.5 Å². The van der Waals surface area contributed by atoms with Gasteiger partial charge in [0.1, 0.15) is 17.9 Å². The van der Waals surface area contributed by atoms with E-state index in [1.807, 2.05) is 29.3 Å². The van der Waals surface area contributed by atoms with E-state index in [1.165, 1.54) is 6.20 Å². The minimum absolute atomic E-state index is 0.0204. The summed E-state index contributed by atoms with van der Waals surface area (Å²) in [7, 11) is 0. The van der Waals surface area contributed by atoms with Gasteiger partial charge < -0.3 is 15.5 Å². The van der Waals surface area contributed by atoms with Crippen molar-refractivity contribution in [1.29, 1.82) is 0 Å². The number of rotatable bonds is 5. The molecule has 1 aromatic heterocycles. The molecule has 0 saturated heterocycles. The molecule has 2 unspecified atom stereocenters. The molecular weight excluding hydrogens is 326 g/mol.